The Hall–Kier alpha value is -1.56. The van der Waals surface area contributed by atoms with Crippen LogP contribution in [0.25, 0.3) is 0 Å². The minimum absolute atomic E-state index is 0.0368. The molecule has 1 aliphatic rings. The zero-order chi connectivity index (χ0) is 14.5. The number of anilines is 1. The molecule has 1 aromatic carbocycles. The summed E-state index contributed by atoms with van der Waals surface area (Å²) >= 11 is 0. The largest absolute Gasteiger partial charge is 0.493 e. The van der Waals surface area contributed by atoms with Crippen LogP contribution in [0.15, 0.2) is 18.2 Å². The molecule has 1 saturated carbocycles. The third-order valence-corrected chi connectivity index (χ3v) is 3.69. The van der Waals surface area contributed by atoms with Gasteiger partial charge in [-0.25, -0.2) is 0 Å². The standard InChI is InChI=1S/C14H20F2N2O2/c1-19-12-6-5-10(7-13(12)20-14(15)16)18-11-4-2-3-9(11)8-17/h5-7,9,11,14,18H,2-4,8,17H2,1H3. The van der Waals surface area contributed by atoms with Crippen LogP contribution < -0.4 is 20.5 Å². The van der Waals surface area contributed by atoms with Crippen molar-refractivity contribution in [3.05, 3.63) is 18.2 Å². The van der Waals surface area contributed by atoms with E-state index in [4.69, 9.17) is 10.5 Å². The Labute approximate surface area is 117 Å². The third kappa shape index (κ3) is 3.50. The first-order chi connectivity index (χ1) is 9.63. The van der Waals surface area contributed by atoms with E-state index in [-0.39, 0.29) is 17.5 Å². The molecule has 6 heteroatoms. The Kier molecular flexibility index (Phi) is 5.00. The van der Waals surface area contributed by atoms with Gasteiger partial charge in [0.05, 0.1) is 7.11 Å². The molecule has 1 fully saturated rings. The summed E-state index contributed by atoms with van der Waals surface area (Å²) in [5.74, 6) is 0.754. The van der Waals surface area contributed by atoms with Crippen LogP contribution in [-0.2, 0) is 0 Å². The number of ether oxygens (including phenoxy) is 2. The van der Waals surface area contributed by atoms with E-state index in [1.165, 1.54) is 13.2 Å². The topological polar surface area (TPSA) is 56.5 Å². The second kappa shape index (κ2) is 6.74. The van der Waals surface area contributed by atoms with E-state index in [1.807, 2.05) is 0 Å². The van der Waals surface area contributed by atoms with Crippen molar-refractivity contribution in [1.82, 2.24) is 0 Å². The Bertz CT molecular complexity index is 443. The van der Waals surface area contributed by atoms with Gasteiger partial charge in [0.2, 0.25) is 0 Å². The first-order valence-corrected chi connectivity index (χ1v) is 6.73. The molecule has 0 saturated heterocycles. The smallest absolute Gasteiger partial charge is 0.387 e. The van der Waals surface area contributed by atoms with Crippen LogP contribution >= 0.6 is 0 Å². The van der Waals surface area contributed by atoms with Crippen LogP contribution in [-0.4, -0.2) is 26.3 Å². The molecule has 0 radical (unpaired) electrons. The van der Waals surface area contributed by atoms with Crippen LogP contribution in [0.4, 0.5) is 14.5 Å². The monoisotopic (exact) mass is 286 g/mol. The van der Waals surface area contributed by atoms with Gasteiger partial charge < -0.3 is 20.5 Å². The lowest BCUT2D eigenvalue weighted by Gasteiger charge is -2.21. The molecular formula is C14H20F2N2O2. The average Bonchev–Trinajstić information content (AvgIpc) is 2.85. The lowest BCUT2D eigenvalue weighted by molar-refractivity contribution is -0.0511. The van der Waals surface area contributed by atoms with E-state index in [2.05, 4.69) is 10.1 Å². The van der Waals surface area contributed by atoms with Crippen molar-refractivity contribution in [2.24, 2.45) is 11.7 Å². The first-order valence-electron chi connectivity index (χ1n) is 6.73. The zero-order valence-electron chi connectivity index (χ0n) is 11.4. The van der Waals surface area contributed by atoms with Crippen LogP contribution in [0.1, 0.15) is 19.3 Å². The fraction of sp³-hybridized carbons (Fsp3) is 0.571. The molecule has 0 spiro atoms. The van der Waals surface area contributed by atoms with Crippen LogP contribution in [0.5, 0.6) is 11.5 Å². The summed E-state index contributed by atoms with van der Waals surface area (Å²) in [4.78, 5) is 0. The maximum Gasteiger partial charge on any atom is 0.387 e. The number of rotatable bonds is 6. The van der Waals surface area contributed by atoms with Gasteiger partial charge in [0, 0.05) is 17.8 Å². The maximum absolute atomic E-state index is 12.4. The summed E-state index contributed by atoms with van der Waals surface area (Å²) in [6.07, 6.45) is 3.28. The number of nitrogens with one attached hydrogen (secondary N) is 1. The van der Waals surface area contributed by atoms with Gasteiger partial charge in [-0.05, 0) is 37.4 Å². The van der Waals surface area contributed by atoms with E-state index in [9.17, 15) is 8.78 Å². The van der Waals surface area contributed by atoms with Gasteiger partial charge in [0.15, 0.2) is 11.5 Å². The molecule has 2 unspecified atom stereocenters. The Morgan fingerprint density at radius 2 is 2.15 bits per heavy atom. The highest BCUT2D eigenvalue weighted by Gasteiger charge is 2.26. The van der Waals surface area contributed by atoms with Crippen molar-refractivity contribution in [2.75, 3.05) is 19.0 Å². The molecule has 0 bridgehead atoms. The van der Waals surface area contributed by atoms with Gasteiger partial charge in [-0.3, -0.25) is 0 Å². The predicted molar refractivity (Wildman–Crippen MR) is 73.4 cm³/mol. The van der Waals surface area contributed by atoms with Gasteiger partial charge in [-0.1, -0.05) is 6.42 Å². The molecule has 20 heavy (non-hydrogen) atoms. The molecular weight excluding hydrogens is 266 g/mol. The SMILES string of the molecule is COc1ccc(NC2CCCC2CN)cc1OC(F)F. The van der Waals surface area contributed by atoms with Gasteiger partial charge in [-0.2, -0.15) is 8.78 Å². The van der Waals surface area contributed by atoms with E-state index in [1.54, 1.807) is 12.1 Å². The lowest BCUT2D eigenvalue weighted by atomic mass is 10.0. The Morgan fingerprint density at radius 3 is 2.80 bits per heavy atom. The molecule has 1 aliphatic carbocycles. The van der Waals surface area contributed by atoms with Gasteiger partial charge in [-0.15, -0.1) is 0 Å². The fourth-order valence-electron chi connectivity index (χ4n) is 2.68. The molecule has 0 aliphatic heterocycles. The summed E-state index contributed by atoms with van der Waals surface area (Å²) < 4.78 is 34.2. The van der Waals surface area contributed by atoms with Crippen LogP contribution in [0.3, 0.4) is 0 Å². The summed E-state index contributed by atoms with van der Waals surface area (Å²) in [5.41, 5.74) is 6.48. The first kappa shape index (κ1) is 14.8. The minimum atomic E-state index is -2.87. The van der Waals surface area contributed by atoms with Crippen molar-refractivity contribution in [1.29, 1.82) is 0 Å². The van der Waals surface area contributed by atoms with E-state index in [0.717, 1.165) is 24.9 Å². The molecule has 0 aromatic heterocycles. The van der Waals surface area contributed by atoms with Crippen molar-refractivity contribution < 1.29 is 18.3 Å². The highest BCUT2D eigenvalue weighted by molar-refractivity contribution is 5.55. The molecule has 112 valence electrons. The third-order valence-electron chi connectivity index (χ3n) is 3.69. The number of methoxy groups -OCH3 is 1. The van der Waals surface area contributed by atoms with Crippen molar-refractivity contribution >= 4 is 5.69 Å². The molecule has 0 heterocycles. The van der Waals surface area contributed by atoms with Crippen molar-refractivity contribution in [3.63, 3.8) is 0 Å². The van der Waals surface area contributed by atoms with E-state index >= 15 is 0 Å². The number of hydrogen-bond donors (Lipinski definition) is 2. The summed E-state index contributed by atoms with van der Waals surface area (Å²) in [6, 6.07) is 5.24. The fourth-order valence-corrected chi connectivity index (χ4v) is 2.68. The summed E-state index contributed by atoms with van der Waals surface area (Å²) in [5, 5.41) is 3.35. The molecule has 1 aromatic rings. The van der Waals surface area contributed by atoms with E-state index in [0.29, 0.717) is 12.5 Å². The second-order valence-corrected chi connectivity index (χ2v) is 4.92. The van der Waals surface area contributed by atoms with Gasteiger partial charge in [0.25, 0.3) is 0 Å². The zero-order valence-corrected chi connectivity index (χ0v) is 11.4. The molecule has 0 amide bonds. The second-order valence-electron chi connectivity index (χ2n) is 4.92. The predicted octanol–water partition coefficient (Wildman–Crippen LogP) is 2.84. The van der Waals surface area contributed by atoms with Crippen LogP contribution in [0, 0.1) is 5.92 Å². The number of benzene rings is 1. The number of nitrogens with two attached hydrogens (primary N) is 1. The Morgan fingerprint density at radius 1 is 1.35 bits per heavy atom. The Balaban J connectivity index is 2.11. The lowest BCUT2D eigenvalue weighted by Crippen LogP contribution is -2.29. The maximum atomic E-state index is 12.4. The van der Waals surface area contributed by atoms with Gasteiger partial charge in [0.1, 0.15) is 0 Å². The number of hydrogen-bond acceptors (Lipinski definition) is 4. The quantitative estimate of drug-likeness (QED) is 0.844. The highest BCUT2D eigenvalue weighted by atomic mass is 19.3. The van der Waals surface area contributed by atoms with Crippen molar-refractivity contribution in [3.8, 4) is 11.5 Å². The average molecular weight is 286 g/mol. The minimum Gasteiger partial charge on any atom is -0.493 e. The normalized spacial score (nSPS) is 22.1. The number of alkyl halides is 2. The molecule has 2 rings (SSSR count). The van der Waals surface area contributed by atoms with E-state index < -0.39 is 6.61 Å². The number of halogens is 2. The molecule has 4 nitrogen and oxygen atoms in total. The van der Waals surface area contributed by atoms with Crippen molar-refractivity contribution in [2.45, 2.75) is 31.9 Å². The summed E-state index contributed by atoms with van der Waals surface area (Å²) in [6.45, 7) is -2.24. The molecule has 3 N–H and O–H groups in total. The van der Waals surface area contributed by atoms with Crippen LogP contribution in [0.2, 0.25) is 0 Å². The highest BCUT2D eigenvalue weighted by Crippen LogP contribution is 2.34. The molecule has 2 atom stereocenters. The van der Waals surface area contributed by atoms with Gasteiger partial charge >= 0.3 is 6.61 Å². The summed E-state index contributed by atoms with van der Waals surface area (Å²) in [7, 11) is 1.42.